The van der Waals surface area contributed by atoms with Gasteiger partial charge in [0.2, 0.25) is 0 Å². The van der Waals surface area contributed by atoms with Crippen molar-refractivity contribution in [1.82, 2.24) is 29.6 Å². The van der Waals surface area contributed by atoms with Crippen LogP contribution in [0.4, 0.5) is 0 Å². The van der Waals surface area contributed by atoms with Crippen LogP contribution in [0.25, 0.3) is 5.78 Å². The summed E-state index contributed by atoms with van der Waals surface area (Å²) in [5, 5.41) is 7.36. The molecule has 2 aromatic heterocycles. The molecule has 0 fully saturated rings. The zero-order valence-electron chi connectivity index (χ0n) is 12.8. The molecule has 2 heterocycles. The number of hydrogen-bond donors (Lipinski definition) is 0. The SMILES string of the molecule is Cn1nnn2c(=O)nc(Oc3ccc(C(C)(C)C)cc3)nc12. The van der Waals surface area contributed by atoms with Gasteiger partial charge in [-0.25, -0.2) is 9.48 Å². The summed E-state index contributed by atoms with van der Waals surface area (Å²) in [5.41, 5.74) is 0.666. The van der Waals surface area contributed by atoms with Crippen LogP contribution in [0.15, 0.2) is 29.1 Å². The highest BCUT2D eigenvalue weighted by Crippen LogP contribution is 2.25. The minimum atomic E-state index is -0.584. The Morgan fingerprint density at radius 2 is 1.73 bits per heavy atom. The number of rotatable bonds is 2. The number of nitrogens with zero attached hydrogens (tertiary/aromatic N) is 6. The maximum atomic E-state index is 11.8. The Kier molecular flexibility index (Phi) is 3.16. The number of ether oxygens (including phenoxy) is 1. The number of tetrazole rings is 1. The first-order valence-corrected chi connectivity index (χ1v) is 6.80. The molecule has 0 radical (unpaired) electrons. The molecule has 0 unspecified atom stereocenters. The Morgan fingerprint density at radius 1 is 1.05 bits per heavy atom. The van der Waals surface area contributed by atoms with Gasteiger partial charge in [-0.3, -0.25) is 0 Å². The van der Waals surface area contributed by atoms with E-state index in [1.807, 2.05) is 24.3 Å². The highest BCUT2D eigenvalue weighted by Gasteiger charge is 2.14. The van der Waals surface area contributed by atoms with E-state index in [2.05, 4.69) is 41.2 Å². The van der Waals surface area contributed by atoms with E-state index >= 15 is 0 Å². The van der Waals surface area contributed by atoms with Crippen molar-refractivity contribution in [1.29, 1.82) is 0 Å². The summed E-state index contributed by atoms with van der Waals surface area (Å²) in [7, 11) is 1.64. The van der Waals surface area contributed by atoms with Crippen molar-refractivity contribution < 1.29 is 4.74 Å². The molecule has 0 atom stereocenters. The molecule has 0 saturated carbocycles. The summed E-state index contributed by atoms with van der Waals surface area (Å²) in [5.74, 6) is 0.827. The monoisotopic (exact) mass is 300 g/mol. The van der Waals surface area contributed by atoms with Crippen LogP contribution in [-0.2, 0) is 12.5 Å². The maximum absolute atomic E-state index is 11.8. The van der Waals surface area contributed by atoms with Crippen molar-refractivity contribution in [2.24, 2.45) is 7.05 Å². The molecular formula is C14H16N6O2. The lowest BCUT2D eigenvalue weighted by molar-refractivity contribution is 0.435. The first-order chi connectivity index (χ1) is 10.3. The fourth-order valence-corrected chi connectivity index (χ4v) is 1.97. The highest BCUT2D eigenvalue weighted by atomic mass is 16.5. The molecule has 22 heavy (non-hydrogen) atoms. The zero-order chi connectivity index (χ0) is 15.9. The van der Waals surface area contributed by atoms with E-state index in [4.69, 9.17) is 4.74 Å². The summed E-state index contributed by atoms with van der Waals surface area (Å²) in [6.45, 7) is 6.41. The van der Waals surface area contributed by atoms with Gasteiger partial charge in [-0.1, -0.05) is 32.9 Å². The Balaban J connectivity index is 1.93. The fourth-order valence-electron chi connectivity index (χ4n) is 1.97. The lowest BCUT2D eigenvalue weighted by Crippen LogP contribution is -2.19. The molecule has 0 aliphatic heterocycles. The fraction of sp³-hybridized carbons (Fsp3) is 0.357. The standard InChI is InChI=1S/C14H16N6O2/c1-14(2,3)9-5-7-10(8-6-9)22-11-15-12-19(4)17-18-20(12)13(21)16-11/h5-8H,1-4H3. The minimum absolute atomic E-state index is 0.0288. The first kappa shape index (κ1) is 14.2. The van der Waals surface area contributed by atoms with E-state index in [1.54, 1.807) is 7.05 Å². The summed E-state index contributed by atoms with van der Waals surface area (Å²) in [6, 6.07) is 7.58. The minimum Gasteiger partial charge on any atom is -0.424 e. The molecule has 0 saturated heterocycles. The lowest BCUT2D eigenvalue weighted by atomic mass is 9.87. The van der Waals surface area contributed by atoms with E-state index in [0.717, 1.165) is 4.52 Å². The van der Waals surface area contributed by atoms with Gasteiger partial charge in [0.15, 0.2) is 0 Å². The summed E-state index contributed by atoms with van der Waals surface area (Å²) >= 11 is 0. The van der Waals surface area contributed by atoms with Gasteiger partial charge in [-0.2, -0.15) is 4.98 Å². The number of benzene rings is 1. The van der Waals surface area contributed by atoms with E-state index in [-0.39, 0.29) is 17.2 Å². The highest BCUT2D eigenvalue weighted by molar-refractivity contribution is 5.33. The Hall–Kier alpha value is -2.77. The Morgan fingerprint density at radius 3 is 2.36 bits per heavy atom. The van der Waals surface area contributed by atoms with Crippen LogP contribution in [0.3, 0.4) is 0 Å². The normalized spacial score (nSPS) is 11.8. The molecule has 3 rings (SSSR count). The molecule has 8 heteroatoms. The molecular weight excluding hydrogens is 284 g/mol. The average Bonchev–Trinajstić information content (AvgIpc) is 2.81. The topological polar surface area (TPSA) is 87.2 Å². The molecule has 3 aromatic rings. The predicted molar refractivity (Wildman–Crippen MR) is 79.0 cm³/mol. The van der Waals surface area contributed by atoms with Crippen molar-refractivity contribution in [2.75, 3.05) is 0 Å². The van der Waals surface area contributed by atoms with Gasteiger partial charge in [0.25, 0.3) is 5.78 Å². The Bertz CT molecular complexity index is 873. The number of fused-ring (bicyclic) bond motifs is 1. The van der Waals surface area contributed by atoms with Crippen molar-refractivity contribution in [2.45, 2.75) is 26.2 Å². The molecule has 0 spiro atoms. The molecule has 0 aliphatic rings. The van der Waals surface area contributed by atoms with Gasteiger partial charge in [0.1, 0.15) is 5.75 Å². The van der Waals surface area contributed by atoms with Crippen molar-refractivity contribution in [3.8, 4) is 11.8 Å². The van der Waals surface area contributed by atoms with Gasteiger partial charge in [0, 0.05) is 7.05 Å². The van der Waals surface area contributed by atoms with Crippen molar-refractivity contribution in [3.05, 3.63) is 40.3 Å². The van der Waals surface area contributed by atoms with Gasteiger partial charge >= 0.3 is 11.7 Å². The van der Waals surface area contributed by atoms with Crippen LogP contribution in [0, 0.1) is 0 Å². The van der Waals surface area contributed by atoms with E-state index in [1.165, 1.54) is 10.2 Å². The third-order valence-corrected chi connectivity index (χ3v) is 3.24. The molecule has 0 amide bonds. The van der Waals surface area contributed by atoms with Crippen LogP contribution < -0.4 is 10.4 Å². The van der Waals surface area contributed by atoms with E-state index in [0.29, 0.717) is 5.75 Å². The summed E-state index contributed by atoms with van der Waals surface area (Å²) < 4.78 is 7.94. The maximum Gasteiger partial charge on any atom is 0.377 e. The van der Waals surface area contributed by atoms with Crippen LogP contribution in [0.5, 0.6) is 11.8 Å². The molecule has 114 valence electrons. The Labute approximate surface area is 126 Å². The van der Waals surface area contributed by atoms with Crippen molar-refractivity contribution in [3.63, 3.8) is 0 Å². The second-order valence-electron chi connectivity index (χ2n) is 5.98. The van der Waals surface area contributed by atoms with E-state index < -0.39 is 5.69 Å². The molecule has 0 aliphatic carbocycles. The van der Waals surface area contributed by atoms with E-state index in [9.17, 15) is 4.79 Å². The number of hydrogen-bond acceptors (Lipinski definition) is 6. The summed E-state index contributed by atoms with van der Waals surface area (Å²) in [4.78, 5) is 19.7. The first-order valence-electron chi connectivity index (χ1n) is 6.80. The van der Waals surface area contributed by atoms with Crippen LogP contribution in [0.1, 0.15) is 26.3 Å². The average molecular weight is 300 g/mol. The zero-order valence-corrected chi connectivity index (χ0v) is 12.8. The molecule has 1 aromatic carbocycles. The number of aromatic nitrogens is 6. The predicted octanol–water partition coefficient (Wildman–Crippen LogP) is 1.31. The van der Waals surface area contributed by atoms with Gasteiger partial charge in [-0.05, 0) is 33.5 Å². The lowest BCUT2D eigenvalue weighted by Gasteiger charge is -2.18. The summed E-state index contributed by atoms with van der Waals surface area (Å²) in [6.07, 6.45) is 0. The smallest absolute Gasteiger partial charge is 0.377 e. The molecule has 0 N–H and O–H groups in total. The molecule has 8 nitrogen and oxygen atoms in total. The quantitative estimate of drug-likeness (QED) is 0.709. The van der Waals surface area contributed by atoms with Gasteiger partial charge in [0.05, 0.1) is 0 Å². The van der Waals surface area contributed by atoms with Gasteiger partial charge in [-0.15, -0.1) is 9.50 Å². The second kappa shape index (κ2) is 4.90. The van der Waals surface area contributed by atoms with Crippen LogP contribution in [-0.4, -0.2) is 29.6 Å². The van der Waals surface area contributed by atoms with Crippen molar-refractivity contribution >= 4 is 5.78 Å². The van der Waals surface area contributed by atoms with Gasteiger partial charge < -0.3 is 4.74 Å². The largest absolute Gasteiger partial charge is 0.424 e. The third kappa shape index (κ3) is 2.54. The second-order valence-corrected chi connectivity index (χ2v) is 5.98. The van der Waals surface area contributed by atoms with Crippen LogP contribution >= 0.6 is 0 Å². The van der Waals surface area contributed by atoms with Crippen LogP contribution in [0.2, 0.25) is 0 Å². The molecule has 0 bridgehead atoms. The third-order valence-electron chi connectivity index (χ3n) is 3.24. The number of aryl methyl sites for hydroxylation is 1.